The molecule has 0 amide bonds. The van der Waals surface area contributed by atoms with Gasteiger partial charge < -0.3 is 20.2 Å². The first-order chi connectivity index (χ1) is 12.1. The summed E-state index contributed by atoms with van der Waals surface area (Å²) in [5.41, 5.74) is 4.66. The highest BCUT2D eigenvalue weighted by Gasteiger charge is 2.35. The van der Waals surface area contributed by atoms with E-state index in [2.05, 4.69) is 9.99 Å². The molecule has 0 bridgehead atoms. The number of hydrogen-bond acceptors (Lipinski definition) is 6. The number of anilines is 1. The predicted molar refractivity (Wildman–Crippen MR) is 86.3 cm³/mol. The number of carbonyl (C=O) groups excluding carboxylic acids is 2. The smallest absolute Gasteiger partial charge is 0.417 e. The second kappa shape index (κ2) is 7.63. The van der Waals surface area contributed by atoms with Gasteiger partial charge in [0, 0.05) is 38.1 Å². The number of amidine groups is 1. The van der Waals surface area contributed by atoms with Gasteiger partial charge in [-0.1, -0.05) is 5.16 Å². The van der Waals surface area contributed by atoms with Crippen molar-refractivity contribution >= 4 is 23.5 Å². The molecule has 0 radical (unpaired) electrons. The topological polar surface area (TPSA) is 94.2 Å². The first-order valence-electron chi connectivity index (χ1n) is 7.72. The van der Waals surface area contributed by atoms with Gasteiger partial charge in [0.2, 0.25) is 0 Å². The molecule has 1 unspecified atom stereocenters. The second-order valence-corrected chi connectivity index (χ2v) is 5.75. The zero-order valence-electron chi connectivity index (χ0n) is 14.2. The molecule has 1 atom stereocenters. The van der Waals surface area contributed by atoms with Crippen LogP contribution in [0.4, 0.5) is 18.9 Å². The highest BCUT2D eigenvalue weighted by molar-refractivity contribution is 5.99. The van der Waals surface area contributed by atoms with E-state index in [0.717, 1.165) is 13.0 Å². The van der Waals surface area contributed by atoms with Gasteiger partial charge in [0.15, 0.2) is 5.84 Å². The van der Waals surface area contributed by atoms with E-state index >= 15 is 0 Å². The number of rotatable bonds is 4. The molecule has 1 aliphatic rings. The number of esters is 1. The fraction of sp³-hybridized carbons (Fsp3) is 0.438. The van der Waals surface area contributed by atoms with E-state index in [1.165, 1.54) is 19.1 Å². The van der Waals surface area contributed by atoms with Crippen LogP contribution in [0.5, 0.6) is 0 Å². The predicted octanol–water partition coefficient (Wildman–Crippen LogP) is 2.03. The van der Waals surface area contributed by atoms with Crippen LogP contribution in [0.25, 0.3) is 0 Å². The van der Waals surface area contributed by atoms with Gasteiger partial charge in [-0.25, -0.2) is 4.79 Å². The quantitative estimate of drug-likeness (QED) is 0.285. The molecule has 0 aromatic heterocycles. The van der Waals surface area contributed by atoms with Crippen LogP contribution in [0, 0.1) is 0 Å². The molecule has 2 rings (SSSR count). The third-order valence-electron chi connectivity index (χ3n) is 3.70. The van der Waals surface area contributed by atoms with Crippen molar-refractivity contribution in [3.63, 3.8) is 0 Å². The van der Waals surface area contributed by atoms with Crippen molar-refractivity contribution in [3.05, 3.63) is 29.3 Å². The van der Waals surface area contributed by atoms with Gasteiger partial charge in [-0.15, -0.1) is 0 Å². The highest BCUT2D eigenvalue weighted by atomic mass is 19.4. The zero-order chi connectivity index (χ0) is 19.5. The zero-order valence-corrected chi connectivity index (χ0v) is 14.2. The third kappa shape index (κ3) is 4.87. The molecule has 10 heteroatoms. The Kier molecular flexibility index (Phi) is 5.73. The minimum atomic E-state index is -4.66. The number of carbonyl (C=O) groups is 2. The molecular formula is C16H18F3N3O4. The monoisotopic (exact) mass is 373 g/mol. The Morgan fingerprint density at radius 2 is 1.96 bits per heavy atom. The van der Waals surface area contributed by atoms with E-state index in [-0.39, 0.29) is 6.10 Å². The van der Waals surface area contributed by atoms with Crippen LogP contribution >= 0.6 is 0 Å². The average molecular weight is 373 g/mol. The van der Waals surface area contributed by atoms with Crippen molar-refractivity contribution in [1.82, 2.24) is 0 Å². The molecule has 1 heterocycles. The van der Waals surface area contributed by atoms with E-state index in [0.29, 0.717) is 25.2 Å². The van der Waals surface area contributed by atoms with Gasteiger partial charge in [0.05, 0.1) is 12.1 Å². The standard InChI is InChI=1S/C16H18F3N3O4/c1-9(23)25-12-5-6-22(8-12)11-3-4-14(16(17,18)19)13(7-11)15(20)21-26-10(2)24/h3-4,7,12H,5-6,8H2,1-2H3,(H2,20,21). The fourth-order valence-corrected chi connectivity index (χ4v) is 2.64. The lowest BCUT2D eigenvalue weighted by Gasteiger charge is -2.21. The molecule has 1 saturated heterocycles. The van der Waals surface area contributed by atoms with Crippen LogP contribution in [-0.4, -0.2) is 37.0 Å². The number of hydrogen-bond donors (Lipinski definition) is 1. The van der Waals surface area contributed by atoms with Gasteiger partial charge in [0.1, 0.15) is 6.10 Å². The van der Waals surface area contributed by atoms with Crippen LogP contribution < -0.4 is 10.6 Å². The first kappa shape index (κ1) is 19.5. The number of nitrogens with two attached hydrogens (primary N) is 1. The van der Waals surface area contributed by atoms with Crippen molar-refractivity contribution in [2.24, 2.45) is 10.9 Å². The number of alkyl halides is 3. The summed E-state index contributed by atoms with van der Waals surface area (Å²) in [6.07, 6.45) is -4.42. The van der Waals surface area contributed by atoms with Crippen molar-refractivity contribution < 1.29 is 32.3 Å². The Morgan fingerprint density at radius 1 is 1.27 bits per heavy atom. The van der Waals surface area contributed by atoms with Crippen LogP contribution in [0.1, 0.15) is 31.4 Å². The second-order valence-electron chi connectivity index (χ2n) is 5.75. The van der Waals surface area contributed by atoms with Crippen LogP contribution in [0.2, 0.25) is 0 Å². The van der Waals surface area contributed by atoms with Crippen molar-refractivity contribution in [3.8, 4) is 0 Å². The van der Waals surface area contributed by atoms with Gasteiger partial charge in [0.25, 0.3) is 0 Å². The van der Waals surface area contributed by atoms with Crippen LogP contribution in [-0.2, 0) is 25.3 Å². The van der Waals surface area contributed by atoms with E-state index in [9.17, 15) is 22.8 Å². The first-order valence-corrected chi connectivity index (χ1v) is 7.72. The summed E-state index contributed by atoms with van der Waals surface area (Å²) in [6.45, 7) is 3.21. The number of ether oxygens (including phenoxy) is 1. The van der Waals surface area contributed by atoms with Gasteiger partial charge in [-0.2, -0.15) is 13.2 Å². The summed E-state index contributed by atoms with van der Waals surface area (Å²) in [5.74, 6) is -1.78. The minimum Gasteiger partial charge on any atom is -0.461 e. The van der Waals surface area contributed by atoms with Gasteiger partial charge in [-0.05, 0) is 18.2 Å². The summed E-state index contributed by atoms with van der Waals surface area (Å²) in [4.78, 5) is 27.9. The summed E-state index contributed by atoms with van der Waals surface area (Å²) >= 11 is 0. The Hall–Kier alpha value is -2.78. The molecule has 1 fully saturated rings. The third-order valence-corrected chi connectivity index (χ3v) is 3.70. The molecule has 7 nitrogen and oxygen atoms in total. The molecule has 2 N–H and O–H groups in total. The fourth-order valence-electron chi connectivity index (χ4n) is 2.64. The van der Waals surface area contributed by atoms with E-state index < -0.39 is 35.1 Å². The Bertz CT molecular complexity index is 734. The lowest BCUT2D eigenvalue weighted by molar-refractivity contribution is -0.145. The normalized spacial score (nSPS) is 18.0. The van der Waals surface area contributed by atoms with Gasteiger partial charge >= 0.3 is 18.1 Å². The lowest BCUT2D eigenvalue weighted by Crippen LogP contribution is -2.26. The van der Waals surface area contributed by atoms with Crippen molar-refractivity contribution in [1.29, 1.82) is 0 Å². The molecule has 142 valence electrons. The summed E-state index contributed by atoms with van der Waals surface area (Å²) in [7, 11) is 0. The molecule has 1 aromatic rings. The van der Waals surface area contributed by atoms with Crippen molar-refractivity contribution in [2.75, 3.05) is 18.0 Å². The molecular weight excluding hydrogens is 355 g/mol. The van der Waals surface area contributed by atoms with Gasteiger partial charge in [-0.3, -0.25) is 4.79 Å². The lowest BCUT2D eigenvalue weighted by atomic mass is 10.0. The van der Waals surface area contributed by atoms with Crippen LogP contribution in [0.15, 0.2) is 23.4 Å². The molecule has 1 aliphatic heterocycles. The van der Waals surface area contributed by atoms with Crippen LogP contribution in [0.3, 0.4) is 0 Å². The SMILES string of the molecule is CC(=O)ON=C(N)c1cc(N2CCC(OC(C)=O)C2)ccc1C(F)(F)F. The molecule has 0 spiro atoms. The largest absolute Gasteiger partial charge is 0.461 e. The Morgan fingerprint density at radius 3 is 2.54 bits per heavy atom. The number of nitrogens with zero attached hydrogens (tertiary/aromatic N) is 2. The van der Waals surface area contributed by atoms with E-state index in [1.54, 1.807) is 4.90 Å². The van der Waals surface area contributed by atoms with E-state index in [1.807, 2.05) is 0 Å². The minimum absolute atomic E-state index is 0.328. The Labute approximate surface area is 147 Å². The molecule has 0 aliphatic carbocycles. The number of benzene rings is 1. The summed E-state index contributed by atoms with van der Waals surface area (Å²) in [5, 5.41) is 3.25. The maximum atomic E-state index is 13.2. The molecule has 26 heavy (non-hydrogen) atoms. The number of halogens is 3. The molecule has 0 saturated carbocycles. The Balaban J connectivity index is 2.33. The number of oxime groups is 1. The molecule has 1 aromatic carbocycles. The summed E-state index contributed by atoms with van der Waals surface area (Å²) < 4.78 is 44.8. The average Bonchev–Trinajstić information content (AvgIpc) is 2.98. The maximum Gasteiger partial charge on any atom is 0.417 e. The summed E-state index contributed by atoms with van der Waals surface area (Å²) in [6, 6.07) is 3.42. The van der Waals surface area contributed by atoms with E-state index in [4.69, 9.17) is 10.5 Å². The maximum absolute atomic E-state index is 13.2. The highest BCUT2D eigenvalue weighted by Crippen LogP contribution is 2.34. The van der Waals surface area contributed by atoms with Crippen molar-refractivity contribution in [2.45, 2.75) is 32.5 Å².